The Morgan fingerprint density at radius 1 is 0.870 bits per heavy atom. The molecule has 0 spiro atoms. The van der Waals surface area contributed by atoms with Gasteiger partial charge in [0.15, 0.2) is 5.75 Å². The SMILES string of the molecule is Cc1cc(/C(=C\C=O)N2CCN(Cc3ccc(CCOc4ccc(C(C)C)cc4)cc3)CC2)cc(Cl)c1Oc1ccc(OCc2cccc(Cl)c2F)cn1. The number of benzene rings is 4. The highest BCUT2D eigenvalue weighted by molar-refractivity contribution is 6.32. The zero-order valence-corrected chi connectivity index (χ0v) is 32.2. The zero-order chi connectivity index (χ0) is 38.0. The van der Waals surface area contributed by atoms with Gasteiger partial charge in [0.25, 0.3) is 0 Å². The van der Waals surface area contributed by atoms with Gasteiger partial charge in [-0.05, 0) is 77.1 Å². The summed E-state index contributed by atoms with van der Waals surface area (Å²) < 4.78 is 31.9. The van der Waals surface area contributed by atoms with Crippen LogP contribution in [0.1, 0.15) is 53.1 Å². The van der Waals surface area contributed by atoms with E-state index in [1.807, 2.05) is 31.2 Å². The van der Waals surface area contributed by atoms with E-state index in [1.54, 1.807) is 30.3 Å². The first kappa shape index (κ1) is 38.8. The number of piperazine rings is 1. The second-order valence-electron chi connectivity index (χ2n) is 13.6. The van der Waals surface area contributed by atoms with Crippen LogP contribution in [0.15, 0.2) is 103 Å². The molecular weight excluding hydrogens is 724 g/mol. The van der Waals surface area contributed by atoms with E-state index in [-0.39, 0.29) is 11.6 Å². The highest BCUT2D eigenvalue weighted by Crippen LogP contribution is 2.36. The highest BCUT2D eigenvalue weighted by Gasteiger charge is 2.22. The second-order valence-corrected chi connectivity index (χ2v) is 14.4. The van der Waals surface area contributed by atoms with E-state index >= 15 is 0 Å². The molecule has 0 unspecified atom stereocenters. The summed E-state index contributed by atoms with van der Waals surface area (Å²) in [6.45, 7) is 11.0. The molecule has 10 heteroatoms. The average Bonchev–Trinajstić information content (AvgIpc) is 3.17. The number of carbonyl (C=O) groups excluding carboxylic acids is 1. The van der Waals surface area contributed by atoms with Gasteiger partial charge in [-0.25, -0.2) is 9.37 Å². The Kier molecular flexibility index (Phi) is 13.3. The van der Waals surface area contributed by atoms with Crippen LogP contribution in [0, 0.1) is 12.7 Å². The lowest BCUT2D eigenvalue weighted by atomic mass is 10.0. The number of hydrogen-bond acceptors (Lipinski definition) is 7. The van der Waals surface area contributed by atoms with E-state index in [0.29, 0.717) is 40.5 Å². The maximum Gasteiger partial charge on any atom is 0.219 e. The van der Waals surface area contributed by atoms with Crippen LogP contribution in [0.2, 0.25) is 10.0 Å². The van der Waals surface area contributed by atoms with Gasteiger partial charge in [0, 0.05) is 62.5 Å². The lowest BCUT2D eigenvalue weighted by Gasteiger charge is -2.37. The fourth-order valence-corrected chi connectivity index (χ4v) is 6.85. The van der Waals surface area contributed by atoms with E-state index in [2.05, 4.69) is 65.0 Å². The van der Waals surface area contributed by atoms with Gasteiger partial charge in [-0.1, -0.05) is 85.6 Å². The quantitative estimate of drug-likeness (QED) is 0.0776. The first-order chi connectivity index (χ1) is 26.2. The maximum absolute atomic E-state index is 14.2. The lowest BCUT2D eigenvalue weighted by molar-refractivity contribution is -0.104. The number of ether oxygens (including phenoxy) is 3. The van der Waals surface area contributed by atoms with Gasteiger partial charge in [0.1, 0.15) is 30.2 Å². The van der Waals surface area contributed by atoms with Crippen molar-refractivity contribution in [2.24, 2.45) is 0 Å². The molecule has 0 aliphatic carbocycles. The average molecular weight is 769 g/mol. The summed E-state index contributed by atoms with van der Waals surface area (Å²) in [4.78, 5) is 20.8. The zero-order valence-electron chi connectivity index (χ0n) is 30.7. The van der Waals surface area contributed by atoms with Gasteiger partial charge in [0.05, 0.1) is 22.8 Å². The molecule has 280 valence electrons. The van der Waals surface area contributed by atoms with Crippen LogP contribution in [0.4, 0.5) is 4.39 Å². The Balaban J connectivity index is 0.992. The minimum atomic E-state index is -0.506. The fourth-order valence-electron chi connectivity index (χ4n) is 6.35. The Morgan fingerprint density at radius 3 is 2.26 bits per heavy atom. The Morgan fingerprint density at radius 2 is 1.59 bits per heavy atom. The van der Waals surface area contributed by atoms with Crippen molar-refractivity contribution < 1.29 is 23.4 Å². The van der Waals surface area contributed by atoms with Gasteiger partial charge in [-0.3, -0.25) is 9.69 Å². The molecule has 54 heavy (non-hydrogen) atoms. The number of pyridine rings is 1. The molecule has 1 aliphatic heterocycles. The van der Waals surface area contributed by atoms with E-state index in [0.717, 1.165) is 68.0 Å². The van der Waals surface area contributed by atoms with Gasteiger partial charge in [0.2, 0.25) is 5.88 Å². The van der Waals surface area contributed by atoms with Crippen LogP contribution in [0.5, 0.6) is 23.1 Å². The number of halogens is 3. The molecule has 6 rings (SSSR count). The van der Waals surface area contributed by atoms with Crippen LogP contribution >= 0.6 is 23.2 Å². The number of aryl methyl sites for hydroxylation is 1. The number of hydrogen-bond donors (Lipinski definition) is 0. The van der Waals surface area contributed by atoms with Crippen LogP contribution in [-0.4, -0.2) is 53.9 Å². The van der Waals surface area contributed by atoms with Crippen molar-refractivity contribution >= 4 is 35.2 Å². The third-order valence-electron chi connectivity index (χ3n) is 9.44. The molecule has 1 fully saturated rings. The standard InChI is InChI=1S/C44H44Cl2FN3O4/c1-30(2)34-11-13-37(14-12-34)52-24-18-32-7-9-33(10-8-32)28-49-19-21-50(22-20-49)41(17-23-51)36-25-31(3)44(40(46)26-36)54-42-16-15-38(27-48-42)53-29-35-5-4-6-39(45)43(35)47/h4-17,23,25-27,30H,18-22,24,28-29H2,1-3H3/b41-17+. The molecule has 0 radical (unpaired) electrons. The molecule has 0 bridgehead atoms. The predicted octanol–water partition coefficient (Wildman–Crippen LogP) is 10.3. The second kappa shape index (κ2) is 18.4. The molecule has 7 nitrogen and oxygen atoms in total. The van der Waals surface area contributed by atoms with Crippen LogP contribution < -0.4 is 14.2 Å². The first-order valence-corrected chi connectivity index (χ1v) is 18.9. The molecule has 1 saturated heterocycles. The number of allylic oxidation sites excluding steroid dienone is 1. The van der Waals surface area contributed by atoms with Crippen LogP contribution in [0.25, 0.3) is 5.70 Å². The van der Waals surface area contributed by atoms with Crippen LogP contribution in [-0.2, 0) is 24.4 Å². The number of aldehydes is 1. The van der Waals surface area contributed by atoms with Crippen molar-refractivity contribution in [2.45, 2.75) is 46.3 Å². The topological polar surface area (TPSA) is 64.1 Å². The number of aromatic nitrogens is 1. The molecule has 0 atom stereocenters. The Hall–Kier alpha value is -4.89. The Labute approximate surface area is 326 Å². The highest BCUT2D eigenvalue weighted by atomic mass is 35.5. The number of rotatable bonds is 15. The third-order valence-corrected chi connectivity index (χ3v) is 10.0. The van der Waals surface area contributed by atoms with Gasteiger partial charge in [-0.15, -0.1) is 0 Å². The van der Waals surface area contributed by atoms with Crippen molar-refractivity contribution in [3.8, 4) is 23.1 Å². The van der Waals surface area contributed by atoms with E-state index in [9.17, 15) is 9.18 Å². The lowest BCUT2D eigenvalue weighted by Crippen LogP contribution is -2.45. The minimum absolute atomic E-state index is 0.00632. The summed E-state index contributed by atoms with van der Waals surface area (Å²) in [7, 11) is 0. The monoisotopic (exact) mass is 767 g/mol. The maximum atomic E-state index is 14.2. The Bertz CT molecular complexity index is 2020. The number of carbonyl (C=O) groups is 1. The van der Waals surface area contributed by atoms with Gasteiger partial charge < -0.3 is 19.1 Å². The molecule has 4 aromatic carbocycles. The van der Waals surface area contributed by atoms with Crippen molar-refractivity contribution in [3.05, 3.63) is 153 Å². The summed E-state index contributed by atoms with van der Waals surface area (Å²) in [6.07, 6.45) is 4.77. The molecular formula is C44H44Cl2FN3O4. The van der Waals surface area contributed by atoms with E-state index in [4.69, 9.17) is 37.4 Å². The third kappa shape index (κ3) is 10.2. The van der Waals surface area contributed by atoms with E-state index < -0.39 is 5.82 Å². The summed E-state index contributed by atoms with van der Waals surface area (Å²) in [5, 5.41) is 0.442. The summed E-state index contributed by atoms with van der Waals surface area (Å²) in [5.41, 5.74) is 6.62. The fraction of sp³-hybridized carbons (Fsp3) is 0.273. The minimum Gasteiger partial charge on any atom is -0.493 e. The van der Waals surface area contributed by atoms with Crippen LogP contribution in [0.3, 0.4) is 0 Å². The summed E-state index contributed by atoms with van der Waals surface area (Å²) in [6, 6.07) is 29.0. The smallest absolute Gasteiger partial charge is 0.219 e. The van der Waals surface area contributed by atoms with E-state index in [1.165, 1.54) is 29.0 Å². The summed E-state index contributed by atoms with van der Waals surface area (Å²) >= 11 is 12.6. The predicted molar refractivity (Wildman–Crippen MR) is 213 cm³/mol. The molecule has 0 N–H and O–H groups in total. The molecule has 2 heterocycles. The molecule has 0 saturated carbocycles. The molecule has 1 aromatic heterocycles. The van der Waals surface area contributed by atoms with Crippen molar-refractivity contribution in [1.82, 2.24) is 14.8 Å². The first-order valence-electron chi connectivity index (χ1n) is 18.1. The molecule has 5 aromatic rings. The number of nitrogens with zero attached hydrogens (tertiary/aromatic N) is 3. The molecule has 0 amide bonds. The van der Waals surface area contributed by atoms with Crippen molar-refractivity contribution in [1.29, 1.82) is 0 Å². The summed E-state index contributed by atoms with van der Waals surface area (Å²) in [5.74, 6) is 2.14. The largest absolute Gasteiger partial charge is 0.493 e. The van der Waals surface area contributed by atoms with Crippen molar-refractivity contribution in [2.75, 3.05) is 32.8 Å². The van der Waals surface area contributed by atoms with Gasteiger partial charge in [-0.2, -0.15) is 0 Å². The normalized spacial score (nSPS) is 13.6. The molecule has 1 aliphatic rings. The van der Waals surface area contributed by atoms with Crippen molar-refractivity contribution in [3.63, 3.8) is 0 Å². The van der Waals surface area contributed by atoms with Gasteiger partial charge >= 0.3 is 0 Å².